The Balaban J connectivity index is 0.00000256. The number of benzene rings is 1. The van der Waals surface area contributed by atoms with E-state index in [1.165, 1.54) is 6.20 Å². The Morgan fingerprint density at radius 1 is 1.20 bits per heavy atom. The molecule has 0 bridgehead atoms. The van der Waals surface area contributed by atoms with Crippen molar-refractivity contribution < 1.29 is 18.0 Å². The molecule has 1 saturated heterocycles. The lowest BCUT2D eigenvalue weighted by molar-refractivity contribution is -0.119. The third kappa shape index (κ3) is 4.00. The first kappa shape index (κ1) is 21.3. The Morgan fingerprint density at radius 3 is 2.50 bits per heavy atom. The summed E-state index contributed by atoms with van der Waals surface area (Å²) in [5.41, 5.74) is 0.230. The summed E-state index contributed by atoms with van der Waals surface area (Å²) in [5, 5.41) is 8.38. The van der Waals surface area contributed by atoms with Crippen LogP contribution in [0.5, 0.6) is 0 Å². The van der Waals surface area contributed by atoms with Gasteiger partial charge in [0.1, 0.15) is 17.0 Å². The lowest BCUT2D eigenvalue weighted by Crippen LogP contribution is -2.17. The van der Waals surface area contributed by atoms with Crippen LogP contribution in [0.3, 0.4) is 0 Å². The molecule has 1 aliphatic heterocycles. The van der Waals surface area contributed by atoms with E-state index in [1.807, 2.05) is 13.8 Å². The predicted octanol–water partition coefficient (Wildman–Crippen LogP) is 3.50. The van der Waals surface area contributed by atoms with Crippen molar-refractivity contribution in [2.45, 2.75) is 39.8 Å². The molecule has 2 aromatic heterocycles. The van der Waals surface area contributed by atoms with Crippen molar-refractivity contribution in [2.24, 2.45) is 0 Å². The molecule has 3 N–H and O–H groups in total. The van der Waals surface area contributed by atoms with Gasteiger partial charge in [0, 0.05) is 31.1 Å². The molecule has 0 unspecified atom stereocenters. The van der Waals surface area contributed by atoms with Crippen LogP contribution in [0.4, 0.5) is 30.8 Å². The number of nitrogens with zero attached hydrogens (tertiary/aromatic N) is 4. The summed E-state index contributed by atoms with van der Waals surface area (Å²) in [6, 6.07) is 0.856. The molecule has 1 fully saturated rings. The van der Waals surface area contributed by atoms with Crippen molar-refractivity contribution in [3.05, 3.63) is 35.8 Å². The molecule has 4 rings (SSSR count). The fraction of sp³-hybridized carbons (Fsp3) is 0.368. The van der Waals surface area contributed by atoms with Crippen molar-refractivity contribution >= 4 is 34.7 Å². The molecule has 3 aromatic rings. The fourth-order valence-electron chi connectivity index (χ4n) is 3.20. The van der Waals surface area contributed by atoms with Crippen LogP contribution in [0.15, 0.2) is 18.3 Å². The molecule has 3 heterocycles. The summed E-state index contributed by atoms with van der Waals surface area (Å²) in [7, 11) is 0. The van der Waals surface area contributed by atoms with Gasteiger partial charge in [-0.25, -0.2) is 23.1 Å². The molecule has 1 aromatic carbocycles. The predicted molar refractivity (Wildman–Crippen MR) is 107 cm³/mol. The Bertz CT molecular complexity index is 1080. The van der Waals surface area contributed by atoms with Gasteiger partial charge < -0.3 is 16.0 Å². The second kappa shape index (κ2) is 8.17. The maximum Gasteiger partial charge on any atom is 0.224 e. The molecule has 0 spiro atoms. The van der Waals surface area contributed by atoms with E-state index in [0.717, 1.165) is 0 Å². The smallest absolute Gasteiger partial charge is 0.224 e. The third-order valence-electron chi connectivity index (χ3n) is 4.42. The zero-order valence-corrected chi connectivity index (χ0v) is 15.6. The van der Waals surface area contributed by atoms with E-state index < -0.39 is 23.1 Å². The summed E-state index contributed by atoms with van der Waals surface area (Å²) in [4.78, 5) is 24.7. The number of nitrogens with one attached hydrogen (secondary N) is 3. The molecule has 8 nitrogen and oxygen atoms in total. The van der Waals surface area contributed by atoms with Crippen LogP contribution >= 0.6 is 0 Å². The fourth-order valence-corrected chi connectivity index (χ4v) is 3.20. The van der Waals surface area contributed by atoms with Crippen LogP contribution in [0.25, 0.3) is 11.2 Å². The lowest BCUT2D eigenvalue weighted by atomic mass is 10.2. The monoisotopic (exact) mass is 421 g/mol. The SMILES string of the molecule is C.CC(C)Nc1ncc2nc(Nc3c(F)cc(F)cc3F)n([C@@H]3CNC(=O)C3)c2n1. The topological polar surface area (TPSA) is 96.8 Å². The van der Waals surface area contributed by atoms with Gasteiger partial charge in [0.15, 0.2) is 17.3 Å². The second-order valence-electron chi connectivity index (χ2n) is 7.04. The minimum atomic E-state index is -1.10. The Kier molecular flexibility index (Phi) is 5.81. The molecule has 11 heteroatoms. The molecular weight excluding hydrogens is 399 g/mol. The maximum absolute atomic E-state index is 14.1. The van der Waals surface area contributed by atoms with Crippen molar-refractivity contribution in [1.29, 1.82) is 0 Å². The highest BCUT2D eigenvalue weighted by Gasteiger charge is 2.29. The number of hydrogen-bond acceptors (Lipinski definition) is 6. The number of halogens is 3. The lowest BCUT2D eigenvalue weighted by Gasteiger charge is -2.16. The Labute approximate surface area is 170 Å². The molecule has 0 radical (unpaired) electrons. The second-order valence-corrected chi connectivity index (χ2v) is 7.04. The largest absolute Gasteiger partial charge is 0.354 e. The van der Waals surface area contributed by atoms with Gasteiger partial charge in [0.05, 0.1) is 12.2 Å². The van der Waals surface area contributed by atoms with Gasteiger partial charge in [-0.05, 0) is 13.8 Å². The Hall–Kier alpha value is -3.37. The number of carbonyl (C=O) groups excluding carboxylic acids is 1. The number of imidazole rings is 1. The van der Waals surface area contributed by atoms with Gasteiger partial charge in [0.25, 0.3) is 0 Å². The number of rotatable bonds is 5. The van der Waals surface area contributed by atoms with Crippen molar-refractivity contribution in [1.82, 2.24) is 24.8 Å². The van der Waals surface area contributed by atoms with E-state index in [1.54, 1.807) is 4.57 Å². The summed E-state index contributed by atoms with van der Waals surface area (Å²) in [5.74, 6) is -2.96. The molecule has 1 atom stereocenters. The normalized spacial score (nSPS) is 15.9. The van der Waals surface area contributed by atoms with E-state index in [0.29, 0.717) is 35.8 Å². The van der Waals surface area contributed by atoms with Crippen LogP contribution in [-0.2, 0) is 4.79 Å². The zero-order valence-electron chi connectivity index (χ0n) is 15.6. The van der Waals surface area contributed by atoms with Gasteiger partial charge in [-0.1, -0.05) is 7.43 Å². The van der Waals surface area contributed by atoms with Gasteiger partial charge in [-0.2, -0.15) is 4.98 Å². The van der Waals surface area contributed by atoms with Crippen LogP contribution in [-0.4, -0.2) is 38.0 Å². The highest BCUT2D eigenvalue weighted by atomic mass is 19.1. The van der Waals surface area contributed by atoms with Gasteiger partial charge in [-0.15, -0.1) is 0 Å². The van der Waals surface area contributed by atoms with E-state index in [-0.39, 0.29) is 37.8 Å². The van der Waals surface area contributed by atoms with Gasteiger partial charge in [-0.3, -0.25) is 9.36 Å². The number of amides is 1. The number of hydrogen-bond donors (Lipinski definition) is 3. The number of carbonyl (C=O) groups is 1. The summed E-state index contributed by atoms with van der Waals surface area (Å²) < 4.78 is 43.1. The summed E-state index contributed by atoms with van der Waals surface area (Å²) >= 11 is 0. The minimum Gasteiger partial charge on any atom is -0.354 e. The van der Waals surface area contributed by atoms with Crippen LogP contribution in [0.1, 0.15) is 33.7 Å². The van der Waals surface area contributed by atoms with Crippen LogP contribution < -0.4 is 16.0 Å². The molecule has 1 aliphatic rings. The summed E-state index contributed by atoms with van der Waals surface area (Å²) in [6.45, 7) is 4.17. The molecule has 0 aliphatic carbocycles. The van der Waals surface area contributed by atoms with Gasteiger partial charge >= 0.3 is 0 Å². The maximum atomic E-state index is 14.1. The highest BCUT2D eigenvalue weighted by Crippen LogP contribution is 2.31. The first-order valence-corrected chi connectivity index (χ1v) is 9.01. The molecule has 0 saturated carbocycles. The van der Waals surface area contributed by atoms with Crippen molar-refractivity contribution in [3.8, 4) is 0 Å². The molecule has 30 heavy (non-hydrogen) atoms. The van der Waals surface area contributed by atoms with E-state index >= 15 is 0 Å². The number of anilines is 3. The quantitative estimate of drug-likeness (QED) is 0.584. The molecular formula is C19H22F3N7O. The average molecular weight is 421 g/mol. The van der Waals surface area contributed by atoms with Crippen LogP contribution in [0.2, 0.25) is 0 Å². The number of aromatic nitrogens is 4. The number of fused-ring (bicyclic) bond motifs is 1. The minimum absolute atomic E-state index is 0. The molecule has 160 valence electrons. The van der Waals surface area contributed by atoms with E-state index in [9.17, 15) is 18.0 Å². The standard InChI is InChI=1S/C18H18F3N7O.CH4/c1-8(2)24-17-23-7-13-16(27-17)28(10-5-14(29)22-6-10)18(25-13)26-15-11(20)3-9(19)4-12(15)21;/h3-4,7-8,10H,5-6H2,1-2H3,(H,22,29)(H,25,26)(H,23,24,27);1H4/t10-;/m0./s1. The average Bonchev–Trinajstić information content (AvgIpc) is 3.20. The van der Waals surface area contributed by atoms with E-state index in [4.69, 9.17) is 0 Å². The highest BCUT2D eigenvalue weighted by molar-refractivity contribution is 5.81. The molecule has 1 amide bonds. The Morgan fingerprint density at radius 2 is 1.90 bits per heavy atom. The first-order chi connectivity index (χ1) is 13.8. The van der Waals surface area contributed by atoms with Gasteiger partial charge in [0.2, 0.25) is 17.8 Å². The summed E-state index contributed by atoms with van der Waals surface area (Å²) in [6.07, 6.45) is 1.64. The third-order valence-corrected chi connectivity index (χ3v) is 4.42. The van der Waals surface area contributed by atoms with Crippen molar-refractivity contribution in [3.63, 3.8) is 0 Å². The first-order valence-electron chi connectivity index (χ1n) is 9.01. The zero-order chi connectivity index (χ0) is 20.7. The van der Waals surface area contributed by atoms with Crippen LogP contribution in [0, 0.1) is 17.5 Å². The van der Waals surface area contributed by atoms with Crippen molar-refractivity contribution in [2.75, 3.05) is 17.2 Å². The van der Waals surface area contributed by atoms with E-state index in [2.05, 4.69) is 30.9 Å².